The fourth-order valence-corrected chi connectivity index (χ4v) is 4.04. The quantitative estimate of drug-likeness (QED) is 0.419. The minimum absolute atomic E-state index is 0.00222. The van der Waals surface area contributed by atoms with Crippen LogP contribution in [0.2, 0.25) is 0 Å². The first kappa shape index (κ1) is 20.3. The minimum atomic E-state index is -0.450. The first-order valence-electron chi connectivity index (χ1n) is 7.86. The Kier molecular flexibility index (Phi) is 7.49. The van der Waals surface area contributed by atoms with Gasteiger partial charge >= 0.3 is 0 Å². The van der Waals surface area contributed by atoms with Crippen molar-refractivity contribution in [3.63, 3.8) is 0 Å². The molecule has 0 saturated heterocycles. The van der Waals surface area contributed by atoms with Gasteiger partial charge in [0.25, 0.3) is 5.69 Å². The minimum Gasteiger partial charge on any atom is -0.358 e. The number of anilines is 1. The second-order valence-electron chi connectivity index (χ2n) is 5.12. The predicted molar refractivity (Wildman–Crippen MR) is 111 cm³/mol. The molecular weight excluding hydrogens is 392 g/mol. The number of nitro benzene ring substituents is 1. The van der Waals surface area contributed by atoms with Crippen LogP contribution >= 0.6 is 35.3 Å². The van der Waals surface area contributed by atoms with Crippen LogP contribution in [0.25, 0.3) is 11.3 Å². The van der Waals surface area contributed by atoms with Crippen molar-refractivity contribution in [1.82, 2.24) is 9.88 Å². The summed E-state index contributed by atoms with van der Waals surface area (Å²) in [5.41, 5.74) is 1.22. The lowest BCUT2D eigenvalue weighted by Gasteiger charge is -2.20. The van der Waals surface area contributed by atoms with Crippen molar-refractivity contribution in [2.45, 2.75) is 13.8 Å². The third kappa shape index (κ3) is 5.48. The molecule has 2 rings (SSSR count). The molecule has 10 heteroatoms. The van der Waals surface area contributed by atoms with Crippen LogP contribution in [0.4, 0.5) is 10.8 Å². The van der Waals surface area contributed by atoms with Crippen LogP contribution < -0.4 is 5.32 Å². The first-order valence-corrected chi connectivity index (χ1v) is 10.1. The summed E-state index contributed by atoms with van der Waals surface area (Å²) in [4.78, 5) is 28.8. The van der Waals surface area contributed by atoms with Crippen molar-refractivity contribution < 1.29 is 9.72 Å². The van der Waals surface area contributed by atoms with Gasteiger partial charge in [0.05, 0.1) is 16.4 Å². The van der Waals surface area contributed by atoms with Crippen molar-refractivity contribution in [3.05, 3.63) is 39.8 Å². The Labute approximate surface area is 165 Å². The standard InChI is InChI=1S/C16H18N4O3S3/c1-3-19(4-2)16(24)26-10-14(21)18-15-17-13(9-25-15)11-6-5-7-12(8-11)20(22)23/h5-9H,3-4,10H2,1-2H3,(H,17,18,21). The van der Waals surface area contributed by atoms with Crippen molar-refractivity contribution in [3.8, 4) is 11.3 Å². The highest BCUT2D eigenvalue weighted by atomic mass is 32.2. The molecule has 0 atom stereocenters. The monoisotopic (exact) mass is 410 g/mol. The molecule has 0 aliphatic rings. The molecule has 0 fully saturated rings. The second-order valence-corrected chi connectivity index (χ2v) is 7.59. The fraction of sp³-hybridized carbons (Fsp3) is 0.312. The smallest absolute Gasteiger partial charge is 0.270 e. The van der Waals surface area contributed by atoms with Crippen molar-refractivity contribution in [2.24, 2.45) is 0 Å². The molecule has 138 valence electrons. The predicted octanol–water partition coefficient (Wildman–Crippen LogP) is 4.02. The summed E-state index contributed by atoms with van der Waals surface area (Å²) in [5.74, 6) is 0.0191. The highest BCUT2D eigenvalue weighted by molar-refractivity contribution is 8.23. The zero-order valence-electron chi connectivity index (χ0n) is 14.3. The van der Waals surface area contributed by atoms with Gasteiger partial charge in [-0.1, -0.05) is 36.1 Å². The molecule has 0 spiro atoms. The number of thiocarbonyl (C=S) groups is 1. The van der Waals surface area contributed by atoms with Gasteiger partial charge in [0.1, 0.15) is 4.32 Å². The zero-order valence-corrected chi connectivity index (χ0v) is 16.7. The molecule has 2 aromatic rings. The summed E-state index contributed by atoms with van der Waals surface area (Å²) in [6, 6.07) is 6.23. The average Bonchev–Trinajstić information content (AvgIpc) is 3.09. The Morgan fingerprint density at radius 1 is 1.42 bits per heavy atom. The van der Waals surface area contributed by atoms with Crippen LogP contribution in [0.1, 0.15) is 13.8 Å². The number of carbonyl (C=O) groups is 1. The second kappa shape index (κ2) is 9.60. The van der Waals surface area contributed by atoms with E-state index < -0.39 is 4.92 Å². The summed E-state index contributed by atoms with van der Waals surface area (Å²) in [6.45, 7) is 5.65. The lowest BCUT2D eigenvalue weighted by Crippen LogP contribution is -2.28. The number of thioether (sulfide) groups is 1. The number of nitrogens with one attached hydrogen (secondary N) is 1. The maximum Gasteiger partial charge on any atom is 0.270 e. The number of hydrogen-bond acceptors (Lipinski definition) is 7. The van der Waals surface area contributed by atoms with Crippen LogP contribution in [0, 0.1) is 10.1 Å². The topological polar surface area (TPSA) is 88.4 Å². The number of aromatic nitrogens is 1. The number of hydrogen-bond donors (Lipinski definition) is 1. The lowest BCUT2D eigenvalue weighted by atomic mass is 10.1. The molecule has 0 aliphatic heterocycles. The molecule has 0 bridgehead atoms. The van der Waals surface area contributed by atoms with E-state index >= 15 is 0 Å². The SMILES string of the molecule is CCN(CC)C(=S)SCC(=O)Nc1nc(-c2cccc([N+](=O)[O-])c2)cs1. The first-order chi connectivity index (χ1) is 12.4. The van der Waals surface area contributed by atoms with Gasteiger partial charge in [-0.15, -0.1) is 11.3 Å². The van der Waals surface area contributed by atoms with Gasteiger partial charge in [0.15, 0.2) is 5.13 Å². The van der Waals surface area contributed by atoms with Gasteiger partial charge in [-0.25, -0.2) is 4.98 Å². The van der Waals surface area contributed by atoms with Gasteiger partial charge in [0, 0.05) is 36.2 Å². The van der Waals surface area contributed by atoms with E-state index in [2.05, 4.69) is 10.3 Å². The number of carbonyl (C=O) groups excluding carboxylic acids is 1. The molecular formula is C16H18N4O3S3. The number of non-ortho nitro benzene ring substituents is 1. The van der Waals surface area contributed by atoms with E-state index in [-0.39, 0.29) is 17.3 Å². The van der Waals surface area contributed by atoms with Crippen LogP contribution in [0.5, 0.6) is 0 Å². The molecule has 1 aromatic heterocycles. The van der Waals surface area contributed by atoms with E-state index in [1.807, 2.05) is 18.7 Å². The number of amides is 1. The summed E-state index contributed by atoms with van der Waals surface area (Å²) in [5, 5.41) is 15.8. The van der Waals surface area contributed by atoms with Gasteiger partial charge in [-0.3, -0.25) is 14.9 Å². The Hall–Kier alpha value is -2.04. The molecule has 0 radical (unpaired) electrons. The van der Waals surface area contributed by atoms with E-state index in [1.54, 1.807) is 17.5 Å². The summed E-state index contributed by atoms with van der Waals surface area (Å²) >= 11 is 7.89. The van der Waals surface area contributed by atoms with Crippen LogP contribution in [0.15, 0.2) is 29.6 Å². The molecule has 0 saturated carbocycles. The number of nitrogens with zero attached hydrogens (tertiary/aromatic N) is 3. The summed E-state index contributed by atoms with van der Waals surface area (Å²) in [6.07, 6.45) is 0. The van der Waals surface area contributed by atoms with E-state index in [4.69, 9.17) is 12.2 Å². The largest absolute Gasteiger partial charge is 0.358 e. The van der Waals surface area contributed by atoms with Crippen LogP contribution in [-0.2, 0) is 4.79 Å². The molecule has 1 N–H and O–H groups in total. The van der Waals surface area contributed by atoms with E-state index in [0.29, 0.717) is 20.7 Å². The van der Waals surface area contributed by atoms with E-state index in [0.717, 1.165) is 13.1 Å². The average molecular weight is 411 g/mol. The Bertz CT molecular complexity index is 806. The molecule has 1 aromatic carbocycles. The third-order valence-corrected chi connectivity index (χ3v) is 5.73. The van der Waals surface area contributed by atoms with Gasteiger partial charge in [0.2, 0.25) is 5.91 Å². The van der Waals surface area contributed by atoms with Gasteiger partial charge in [-0.05, 0) is 13.8 Å². The third-order valence-electron chi connectivity index (χ3n) is 3.45. The Morgan fingerprint density at radius 2 is 2.15 bits per heavy atom. The molecule has 1 amide bonds. The van der Waals surface area contributed by atoms with Gasteiger partial charge < -0.3 is 10.2 Å². The number of thiazole rings is 1. The normalized spacial score (nSPS) is 10.4. The van der Waals surface area contributed by atoms with Crippen LogP contribution in [0.3, 0.4) is 0 Å². The summed E-state index contributed by atoms with van der Waals surface area (Å²) in [7, 11) is 0. The maximum atomic E-state index is 12.1. The number of rotatable bonds is 7. The lowest BCUT2D eigenvalue weighted by molar-refractivity contribution is -0.384. The fourth-order valence-electron chi connectivity index (χ4n) is 2.10. The Balaban J connectivity index is 1.96. The van der Waals surface area contributed by atoms with Crippen LogP contribution in [-0.4, -0.2) is 43.9 Å². The van der Waals surface area contributed by atoms with Crippen molar-refractivity contribution in [1.29, 1.82) is 0 Å². The Morgan fingerprint density at radius 3 is 2.81 bits per heavy atom. The number of benzene rings is 1. The highest BCUT2D eigenvalue weighted by Gasteiger charge is 2.13. The van der Waals surface area contributed by atoms with E-state index in [9.17, 15) is 14.9 Å². The molecule has 0 unspecified atom stereocenters. The van der Waals surface area contributed by atoms with Gasteiger partial charge in [-0.2, -0.15) is 0 Å². The van der Waals surface area contributed by atoms with Crippen molar-refractivity contribution in [2.75, 3.05) is 24.2 Å². The summed E-state index contributed by atoms with van der Waals surface area (Å²) < 4.78 is 0.696. The maximum absolute atomic E-state index is 12.1. The highest BCUT2D eigenvalue weighted by Crippen LogP contribution is 2.27. The molecule has 7 nitrogen and oxygen atoms in total. The number of nitro groups is 1. The molecule has 1 heterocycles. The van der Waals surface area contributed by atoms with Crippen molar-refractivity contribution >= 4 is 56.4 Å². The van der Waals surface area contributed by atoms with E-state index in [1.165, 1.54) is 35.2 Å². The zero-order chi connectivity index (χ0) is 19.1. The molecule has 26 heavy (non-hydrogen) atoms. The molecule has 0 aliphatic carbocycles.